The molecule has 41 heavy (non-hydrogen) atoms. The number of nitrogens with zero attached hydrogens (tertiary/aromatic N) is 4. The number of esters is 1. The van der Waals surface area contributed by atoms with Gasteiger partial charge in [-0.25, -0.2) is 9.55 Å². The van der Waals surface area contributed by atoms with Gasteiger partial charge in [0, 0.05) is 13.8 Å². The van der Waals surface area contributed by atoms with Crippen molar-refractivity contribution in [1.29, 1.82) is 0 Å². The zero-order valence-electron chi connectivity index (χ0n) is 22.7. The highest BCUT2D eigenvalue weighted by atomic mass is 16.6. The summed E-state index contributed by atoms with van der Waals surface area (Å²) in [5.74, 6) is -1.87. The Morgan fingerprint density at radius 3 is 2.15 bits per heavy atom. The molecular formula is C29H31N5O7. The van der Waals surface area contributed by atoms with Crippen LogP contribution in [-0.4, -0.2) is 56.4 Å². The molecule has 5 rings (SSSR count). The Morgan fingerprint density at radius 1 is 0.951 bits per heavy atom. The largest absolute Gasteiger partial charge is 0.457 e. The van der Waals surface area contributed by atoms with Crippen LogP contribution >= 0.6 is 0 Å². The molecule has 0 aliphatic carbocycles. The van der Waals surface area contributed by atoms with Crippen LogP contribution in [0.4, 0.5) is 5.95 Å². The van der Waals surface area contributed by atoms with E-state index in [2.05, 4.69) is 9.97 Å². The number of carbonyl (C=O) groups is 2. The van der Waals surface area contributed by atoms with Crippen LogP contribution in [0.1, 0.15) is 36.0 Å². The molecule has 0 amide bonds. The summed E-state index contributed by atoms with van der Waals surface area (Å²) >= 11 is 0. The third kappa shape index (κ3) is 6.19. The molecule has 2 aromatic heterocycles. The molecule has 2 N–H and O–H groups in total. The minimum Gasteiger partial charge on any atom is -0.457 e. The van der Waals surface area contributed by atoms with Crippen LogP contribution in [0.5, 0.6) is 0 Å². The molecule has 0 radical (unpaired) electrons. The first kappa shape index (κ1) is 28.1. The molecule has 0 spiro atoms. The van der Waals surface area contributed by atoms with Crippen LogP contribution in [0.15, 0.2) is 71.8 Å². The molecule has 1 aliphatic heterocycles. The van der Waals surface area contributed by atoms with E-state index in [1.807, 2.05) is 60.7 Å². The van der Waals surface area contributed by atoms with Crippen LogP contribution in [0.2, 0.25) is 0 Å². The number of ether oxygens (including phenoxy) is 4. The average Bonchev–Trinajstić information content (AvgIpc) is 3.51. The van der Waals surface area contributed by atoms with Crippen LogP contribution in [0, 0.1) is 5.92 Å². The van der Waals surface area contributed by atoms with Crippen LogP contribution < -0.4 is 11.3 Å². The summed E-state index contributed by atoms with van der Waals surface area (Å²) in [4.78, 5) is 46.1. The Balaban J connectivity index is 1.46. The molecule has 1 fully saturated rings. The summed E-state index contributed by atoms with van der Waals surface area (Å²) in [7, 11) is 0. The topological polar surface area (TPSA) is 150 Å². The number of anilines is 1. The van der Waals surface area contributed by atoms with E-state index in [-0.39, 0.29) is 30.3 Å². The van der Waals surface area contributed by atoms with Gasteiger partial charge in [0.2, 0.25) is 11.9 Å². The van der Waals surface area contributed by atoms with E-state index < -0.39 is 41.8 Å². The van der Waals surface area contributed by atoms with Gasteiger partial charge in [-0.3, -0.25) is 19.0 Å². The molecule has 0 unspecified atom stereocenters. The van der Waals surface area contributed by atoms with Crippen molar-refractivity contribution >= 4 is 29.0 Å². The third-order valence-electron chi connectivity index (χ3n) is 6.83. The summed E-state index contributed by atoms with van der Waals surface area (Å²) in [5, 5.41) is 0. The predicted octanol–water partition coefficient (Wildman–Crippen LogP) is 2.71. The number of nitrogens with two attached hydrogens (primary N) is 1. The van der Waals surface area contributed by atoms with Gasteiger partial charge in [-0.2, -0.15) is 4.98 Å². The van der Waals surface area contributed by atoms with Crippen molar-refractivity contribution < 1.29 is 28.5 Å². The maximum atomic E-state index is 13.3. The highest BCUT2D eigenvalue weighted by Gasteiger charge is 2.48. The van der Waals surface area contributed by atoms with Gasteiger partial charge in [0.15, 0.2) is 23.5 Å². The van der Waals surface area contributed by atoms with Gasteiger partial charge in [-0.05, 0) is 11.1 Å². The molecule has 0 saturated carbocycles. The number of nitrogen functional groups attached to an aromatic ring is 1. The molecule has 1 aliphatic rings. The quantitative estimate of drug-likeness (QED) is 0.286. The average molecular weight is 562 g/mol. The molecule has 1 saturated heterocycles. The number of carbonyl (C=O) groups excluding carboxylic acids is 2. The van der Waals surface area contributed by atoms with Crippen molar-refractivity contribution in [2.24, 2.45) is 5.92 Å². The maximum absolute atomic E-state index is 13.3. The number of fused-ring (bicyclic) bond motifs is 1. The van der Waals surface area contributed by atoms with Gasteiger partial charge in [0.25, 0.3) is 5.56 Å². The molecule has 0 bridgehead atoms. The van der Waals surface area contributed by atoms with Gasteiger partial charge in [-0.1, -0.05) is 60.7 Å². The molecule has 214 valence electrons. The van der Waals surface area contributed by atoms with Gasteiger partial charge in [0.1, 0.15) is 6.33 Å². The summed E-state index contributed by atoms with van der Waals surface area (Å²) in [6.07, 6.45) is -1.05. The Morgan fingerprint density at radius 2 is 1.56 bits per heavy atom. The van der Waals surface area contributed by atoms with E-state index in [9.17, 15) is 14.4 Å². The predicted molar refractivity (Wildman–Crippen MR) is 148 cm³/mol. The van der Waals surface area contributed by atoms with Crippen molar-refractivity contribution in [2.75, 3.05) is 18.9 Å². The lowest BCUT2D eigenvalue weighted by molar-refractivity contribution is -0.154. The molecule has 2 aromatic carbocycles. The van der Waals surface area contributed by atoms with Gasteiger partial charge in [-0.15, -0.1) is 0 Å². The number of benzene rings is 2. The first-order valence-corrected chi connectivity index (χ1v) is 13.2. The van der Waals surface area contributed by atoms with Crippen molar-refractivity contribution in [3.8, 4) is 0 Å². The first-order valence-electron chi connectivity index (χ1n) is 13.2. The monoisotopic (exact) mass is 561 g/mol. The first-order chi connectivity index (χ1) is 19.8. The zero-order valence-corrected chi connectivity index (χ0v) is 22.7. The summed E-state index contributed by atoms with van der Waals surface area (Å²) in [6.45, 7) is 3.54. The number of aromatic nitrogens is 4. The van der Waals surface area contributed by atoms with Crippen molar-refractivity contribution in [3.63, 3.8) is 0 Å². The van der Waals surface area contributed by atoms with Gasteiger partial charge >= 0.3 is 5.97 Å². The van der Waals surface area contributed by atoms with Gasteiger partial charge in [0.05, 0.1) is 38.4 Å². The number of hydrogen-bond acceptors (Lipinski definition) is 10. The number of imidazole rings is 1. The molecule has 12 nitrogen and oxygen atoms in total. The SMILES string of the molecule is CC(=O)O[C@@H]1[C@H](COCc2ccccc2)[C@@H](COCc2ccccc2)O[C@H]1n1cnc2nc(N)n(C(C)=O)c(=O)c21. The fraction of sp³-hybridized carbons (Fsp3) is 0.345. The smallest absolute Gasteiger partial charge is 0.303 e. The number of hydrogen-bond donors (Lipinski definition) is 1. The minimum absolute atomic E-state index is 0.00800. The Labute approximate surface area is 235 Å². The highest BCUT2D eigenvalue weighted by molar-refractivity contribution is 5.82. The fourth-order valence-electron chi connectivity index (χ4n) is 4.97. The van der Waals surface area contributed by atoms with E-state index in [0.29, 0.717) is 13.2 Å². The van der Waals surface area contributed by atoms with Crippen molar-refractivity contribution in [2.45, 2.75) is 45.5 Å². The normalized spacial score (nSPS) is 20.3. The van der Waals surface area contributed by atoms with E-state index in [4.69, 9.17) is 24.7 Å². The Hall–Kier alpha value is -4.39. The third-order valence-corrected chi connectivity index (χ3v) is 6.83. The van der Waals surface area contributed by atoms with Crippen LogP contribution in [0.25, 0.3) is 11.2 Å². The highest BCUT2D eigenvalue weighted by Crippen LogP contribution is 2.38. The standard InChI is InChI=1S/C29H31N5O7/c1-18(35)34-27(37)24-26(32-29(34)30)31-17-33(24)28-25(40-19(2)36)22(15-38-13-20-9-5-3-6-10-20)23(41-28)16-39-14-21-11-7-4-8-12-21/h3-12,17,22-23,25,28H,13-16H2,1-2H3,(H2,30,32)/t22-,23-,25-,28-/m1/s1. The zero-order chi connectivity index (χ0) is 28.9. The molecule has 4 aromatic rings. The summed E-state index contributed by atoms with van der Waals surface area (Å²) < 4.78 is 26.5. The van der Waals surface area contributed by atoms with E-state index in [0.717, 1.165) is 15.7 Å². The number of rotatable bonds is 10. The van der Waals surface area contributed by atoms with Crippen molar-refractivity contribution in [3.05, 3.63) is 88.5 Å². The van der Waals surface area contributed by atoms with Gasteiger partial charge < -0.3 is 24.7 Å². The molecule has 12 heteroatoms. The summed E-state index contributed by atoms with van der Waals surface area (Å²) in [6, 6.07) is 19.4. The van der Waals surface area contributed by atoms with E-state index in [1.54, 1.807) is 0 Å². The molecular weight excluding hydrogens is 530 g/mol. The second kappa shape index (κ2) is 12.4. The Bertz CT molecular complexity index is 1570. The lowest BCUT2D eigenvalue weighted by atomic mass is 9.99. The maximum Gasteiger partial charge on any atom is 0.303 e. The fourth-order valence-corrected chi connectivity index (χ4v) is 4.97. The Kier molecular flexibility index (Phi) is 8.53. The van der Waals surface area contributed by atoms with Crippen LogP contribution in [-0.2, 0) is 37.0 Å². The van der Waals surface area contributed by atoms with Crippen LogP contribution in [0.3, 0.4) is 0 Å². The molecule has 3 heterocycles. The minimum atomic E-state index is -0.974. The second-order valence-electron chi connectivity index (χ2n) is 9.76. The van der Waals surface area contributed by atoms with E-state index >= 15 is 0 Å². The second-order valence-corrected chi connectivity index (χ2v) is 9.76. The lowest BCUT2D eigenvalue weighted by Crippen LogP contribution is -2.36. The summed E-state index contributed by atoms with van der Waals surface area (Å²) in [5.41, 5.74) is 7.14. The lowest BCUT2D eigenvalue weighted by Gasteiger charge is -2.24. The van der Waals surface area contributed by atoms with E-state index in [1.165, 1.54) is 24.7 Å². The molecule has 4 atom stereocenters. The van der Waals surface area contributed by atoms with Crippen molar-refractivity contribution in [1.82, 2.24) is 19.1 Å².